The molecule has 14 nitrogen and oxygen atoms in total. The van der Waals surface area contributed by atoms with Crippen LogP contribution in [0.2, 0.25) is 0 Å². The first-order valence-electron chi connectivity index (χ1n) is 14.4. The Balaban J connectivity index is 0.986. The van der Waals surface area contributed by atoms with Crippen LogP contribution < -0.4 is 10.1 Å². The molecule has 1 N–H and O–H groups in total. The van der Waals surface area contributed by atoms with E-state index in [1.165, 1.54) is 24.3 Å². The predicted octanol–water partition coefficient (Wildman–Crippen LogP) is 1.25. The van der Waals surface area contributed by atoms with Gasteiger partial charge in [0.25, 0.3) is 21.9 Å². The van der Waals surface area contributed by atoms with Crippen molar-refractivity contribution in [2.24, 2.45) is 0 Å². The number of nitrogens with one attached hydrogen (secondary N) is 1. The van der Waals surface area contributed by atoms with Gasteiger partial charge in [-0.15, -0.1) is 0 Å². The SMILES string of the molecule is Cc1ccc(S(=O)(=O)OCCOCCOCCOCCOCCOc2ccc3c(c2)C(=O)N(C2CCC(=O)NC2=O)C3=O)cc1. The minimum atomic E-state index is -3.81. The van der Waals surface area contributed by atoms with Gasteiger partial charge in [-0.1, -0.05) is 17.7 Å². The molecule has 0 radical (unpaired) electrons. The largest absolute Gasteiger partial charge is 0.491 e. The Kier molecular flexibility index (Phi) is 12.6. The summed E-state index contributed by atoms with van der Waals surface area (Å²) in [6, 6.07) is 9.88. The molecule has 0 aliphatic carbocycles. The topological polar surface area (TPSA) is 173 Å². The van der Waals surface area contributed by atoms with Crippen LogP contribution >= 0.6 is 0 Å². The Morgan fingerprint density at radius 2 is 1.29 bits per heavy atom. The van der Waals surface area contributed by atoms with Crippen LogP contribution in [0.5, 0.6) is 5.75 Å². The average molecular weight is 649 g/mol. The zero-order chi connectivity index (χ0) is 32.2. The molecule has 2 aliphatic heterocycles. The molecule has 0 bridgehead atoms. The Bertz CT molecular complexity index is 1460. The zero-order valence-corrected chi connectivity index (χ0v) is 25.7. The number of hydrogen-bond donors (Lipinski definition) is 1. The van der Waals surface area contributed by atoms with E-state index < -0.39 is 39.8 Å². The van der Waals surface area contributed by atoms with Gasteiger partial charge in [-0.25, -0.2) is 0 Å². The summed E-state index contributed by atoms with van der Waals surface area (Å²) in [6.07, 6.45) is 0.143. The van der Waals surface area contributed by atoms with Crippen molar-refractivity contribution in [3.63, 3.8) is 0 Å². The number of ether oxygens (including phenoxy) is 5. The molecule has 2 aromatic rings. The molecule has 1 fully saturated rings. The number of carbonyl (C=O) groups excluding carboxylic acids is 4. The van der Waals surface area contributed by atoms with E-state index in [4.69, 9.17) is 27.9 Å². The highest BCUT2D eigenvalue weighted by Gasteiger charge is 2.44. The second-order valence-electron chi connectivity index (χ2n) is 10.0. The van der Waals surface area contributed by atoms with E-state index in [9.17, 15) is 27.6 Å². The molecule has 0 spiro atoms. The van der Waals surface area contributed by atoms with Gasteiger partial charge in [-0.3, -0.25) is 33.6 Å². The molecule has 1 unspecified atom stereocenters. The van der Waals surface area contributed by atoms with Gasteiger partial charge in [0.15, 0.2) is 0 Å². The smallest absolute Gasteiger partial charge is 0.297 e. The van der Waals surface area contributed by atoms with Crippen molar-refractivity contribution in [3.8, 4) is 5.75 Å². The van der Waals surface area contributed by atoms with Gasteiger partial charge in [0.05, 0.1) is 75.5 Å². The number of rotatable bonds is 19. The lowest BCUT2D eigenvalue weighted by Gasteiger charge is -2.27. The molecule has 0 aromatic heterocycles. The molecule has 4 rings (SSSR count). The minimum absolute atomic E-state index is 0.0534. The van der Waals surface area contributed by atoms with Crippen LogP contribution in [0.1, 0.15) is 39.1 Å². The Hall–Kier alpha value is -3.73. The number of imide groups is 2. The van der Waals surface area contributed by atoms with E-state index in [1.807, 2.05) is 6.92 Å². The van der Waals surface area contributed by atoms with E-state index in [-0.39, 0.29) is 61.9 Å². The average Bonchev–Trinajstić information content (AvgIpc) is 3.25. The normalized spacial score (nSPS) is 16.6. The Morgan fingerprint density at radius 1 is 0.733 bits per heavy atom. The molecule has 4 amide bonds. The summed E-state index contributed by atoms with van der Waals surface area (Å²) in [4.78, 5) is 50.2. The van der Waals surface area contributed by atoms with Crippen molar-refractivity contribution in [1.82, 2.24) is 10.2 Å². The molecular formula is C30H36N2O12S. The van der Waals surface area contributed by atoms with Gasteiger partial charge in [0.2, 0.25) is 11.8 Å². The first kappa shape index (κ1) is 34.1. The molecule has 0 saturated carbocycles. The third kappa shape index (κ3) is 9.63. The molecule has 1 atom stereocenters. The second-order valence-corrected chi connectivity index (χ2v) is 11.7. The van der Waals surface area contributed by atoms with E-state index >= 15 is 0 Å². The maximum Gasteiger partial charge on any atom is 0.297 e. The van der Waals surface area contributed by atoms with Gasteiger partial charge in [0.1, 0.15) is 18.4 Å². The van der Waals surface area contributed by atoms with Crippen LogP contribution in [-0.2, 0) is 42.8 Å². The number of aryl methyl sites for hydroxylation is 1. The number of carbonyl (C=O) groups is 4. The van der Waals surface area contributed by atoms with Crippen molar-refractivity contribution in [2.75, 3.05) is 66.1 Å². The number of fused-ring (bicyclic) bond motifs is 1. The lowest BCUT2D eigenvalue weighted by atomic mass is 10.0. The highest BCUT2D eigenvalue weighted by atomic mass is 32.2. The Labute approximate surface area is 261 Å². The van der Waals surface area contributed by atoms with E-state index in [2.05, 4.69) is 5.32 Å². The van der Waals surface area contributed by atoms with Crippen LogP contribution in [0.25, 0.3) is 0 Å². The molecule has 1 saturated heterocycles. The summed E-state index contributed by atoms with van der Waals surface area (Å²) in [5, 5.41) is 2.17. The highest BCUT2D eigenvalue weighted by molar-refractivity contribution is 7.86. The van der Waals surface area contributed by atoms with Gasteiger partial charge in [-0.05, 0) is 43.7 Å². The van der Waals surface area contributed by atoms with Crippen molar-refractivity contribution in [3.05, 3.63) is 59.2 Å². The summed E-state index contributed by atoms with van der Waals surface area (Å²) in [6.45, 7) is 4.33. The van der Waals surface area contributed by atoms with Crippen molar-refractivity contribution >= 4 is 33.7 Å². The quantitative estimate of drug-likeness (QED) is 0.131. The maximum atomic E-state index is 12.9. The van der Waals surface area contributed by atoms with Crippen LogP contribution in [0.4, 0.5) is 0 Å². The zero-order valence-electron chi connectivity index (χ0n) is 24.9. The van der Waals surface area contributed by atoms with Crippen LogP contribution in [0.3, 0.4) is 0 Å². The van der Waals surface area contributed by atoms with Gasteiger partial charge in [0, 0.05) is 6.42 Å². The van der Waals surface area contributed by atoms with Gasteiger partial charge in [-0.2, -0.15) is 8.42 Å². The van der Waals surface area contributed by atoms with E-state index in [0.29, 0.717) is 38.8 Å². The molecular weight excluding hydrogens is 612 g/mol. The molecule has 2 aliphatic rings. The predicted molar refractivity (Wildman–Crippen MR) is 156 cm³/mol. The van der Waals surface area contributed by atoms with Crippen molar-refractivity contribution in [1.29, 1.82) is 0 Å². The van der Waals surface area contributed by atoms with Crippen molar-refractivity contribution in [2.45, 2.75) is 30.7 Å². The third-order valence-corrected chi connectivity index (χ3v) is 8.13. The monoisotopic (exact) mass is 648 g/mol. The lowest BCUT2D eigenvalue weighted by Crippen LogP contribution is -2.54. The fraction of sp³-hybridized carbons (Fsp3) is 0.467. The standard InChI is InChI=1S/C30H36N2O12S/c1-21-2-5-23(6-3-21)45(37,38)44-19-17-42-15-13-40-11-10-39-12-14-41-16-18-43-22-4-7-24-25(20-22)30(36)32(29(24)35)26-8-9-27(33)31-28(26)34/h2-7,20,26H,8-19H2,1H3,(H,31,33,34). The molecule has 15 heteroatoms. The van der Waals surface area contributed by atoms with Crippen LogP contribution in [-0.4, -0.2) is 109 Å². The molecule has 2 heterocycles. The lowest BCUT2D eigenvalue weighted by molar-refractivity contribution is -0.136. The molecule has 2 aromatic carbocycles. The second kappa shape index (κ2) is 16.5. The number of hydrogen-bond acceptors (Lipinski definition) is 12. The number of amides is 4. The van der Waals surface area contributed by atoms with Gasteiger partial charge < -0.3 is 23.7 Å². The summed E-state index contributed by atoms with van der Waals surface area (Å²) in [5.74, 6) is -1.89. The minimum Gasteiger partial charge on any atom is -0.491 e. The first-order valence-corrected chi connectivity index (χ1v) is 15.8. The maximum absolute atomic E-state index is 12.9. The van der Waals surface area contributed by atoms with Crippen LogP contribution in [0, 0.1) is 6.92 Å². The van der Waals surface area contributed by atoms with Crippen LogP contribution in [0.15, 0.2) is 47.4 Å². The molecule has 244 valence electrons. The summed E-state index contributed by atoms with van der Waals surface area (Å²) in [7, 11) is -3.81. The summed E-state index contributed by atoms with van der Waals surface area (Å²) in [5.41, 5.74) is 1.28. The van der Waals surface area contributed by atoms with Gasteiger partial charge >= 0.3 is 0 Å². The van der Waals surface area contributed by atoms with E-state index in [0.717, 1.165) is 10.5 Å². The van der Waals surface area contributed by atoms with E-state index in [1.54, 1.807) is 18.2 Å². The Morgan fingerprint density at radius 3 is 1.89 bits per heavy atom. The number of piperidine rings is 1. The summed E-state index contributed by atoms with van der Waals surface area (Å²) >= 11 is 0. The fourth-order valence-corrected chi connectivity index (χ4v) is 5.39. The highest BCUT2D eigenvalue weighted by Crippen LogP contribution is 2.30. The molecule has 45 heavy (non-hydrogen) atoms. The van der Waals surface area contributed by atoms with Crippen molar-refractivity contribution < 1.29 is 55.5 Å². The number of nitrogens with zero attached hydrogens (tertiary/aromatic N) is 1. The number of benzene rings is 2. The first-order chi connectivity index (χ1) is 21.7. The third-order valence-electron chi connectivity index (χ3n) is 6.80. The summed E-state index contributed by atoms with van der Waals surface area (Å²) < 4.78 is 56.4. The fourth-order valence-electron chi connectivity index (χ4n) is 4.50.